The van der Waals surface area contributed by atoms with Crippen molar-refractivity contribution in [2.24, 2.45) is 5.92 Å². The minimum atomic E-state index is 0.0480. The van der Waals surface area contributed by atoms with Crippen LogP contribution in [0.2, 0.25) is 0 Å². The van der Waals surface area contributed by atoms with Gasteiger partial charge in [0.25, 0.3) is 0 Å². The van der Waals surface area contributed by atoms with Gasteiger partial charge in [-0.25, -0.2) is 0 Å². The lowest BCUT2D eigenvalue weighted by Crippen LogP contribution is -2.14. The van der Waals surface area contributed by atoms with Crippen LogP contribution in [-0.4, -0.2) is 12.6 Å². The first-order chi connectivity index (χ1) is 16.7. The van der Waals surface area contributed by atoms with Crippen molar-refractivity contribution >= 4 is 5.97 Å². The van der Waals surface area contributed by atoms with E-state index >= 15 is 0 Å². The number of rotatable bonds is 28. The maximum absolute atomic E-state index is 12.3. The number of unbranched alkanes of at least 4 members (excludes halogenated alkanes) is 20. The van der Waals surface area contributed by atoms with Crippen molar-refractivity contribution in [3.8, 4) is 0 Å². The molecule has 0 aliphatic rings. The van der Waals surface area contributed by atoms with E-state index < -0.39 is 0 Å². The van der Waals surface area contributed by atoms with Crippen LogP contribution in [0, 0.1) is 5.92 Å². The predicted molar refractivity (Wildman–Crippen MR) is 152 cm³/mol. The van der Waals surface area contributed by atoms with Crippen LogP contribution in [0.5, 0.6) is 0 Å². The summed E-state index contributed by atoms with van der Waals surface area (Å²) < 4.78 is 5.76. The topological polar surface area (TPSA) is 26.3 Å². The highest BCUT2D eigenvalue weighted by Crippen LogP contribution is 2.20. The van der Waals surface area contributed by atoms with E-state index in [1.165, 1.54) is 154 Å². The molecule has 2 heteroatoms. The van der Waals surface area contributed by atoms with Gasteiger partial charge >= 0.3 is 5.97 Å². The van der Waals surface area contributed by atoms with Crippen molar-refractivity contribution in [3.05, 3.63) is 0 Å². The molecule has 1 atom stereocenters. The van der Waals surface area contributed by atoms with Crippen LogP contribution < -0.4 is 0 Å². The second kappa shape index (κ2) is 28.7. The summed E-state index contributed by atoms with van der Waals surface area (Å²) in [6, 6.07) is 0. The van der Waals surface area contributed by atoms with Crippen molar-refractivity contribution < 1.29 is 9.53 Å². The molecule has 204 valence electrons. The van der Waals surface area contributed by atoms with E-state index in [0.29, 0.717) is 18.9 Å². The van der Waals surface area contributed by atoms with Gasteiger partial charge in [0.05, 0.1) is 6.61 Å². The third-order valence-corrected chi connectivity index (χ3v) is 7.40. The number of hydrogen-bond acceptors (Lipinski definition) is 2. The summed E-state index contributed by atoms with van der Waals surface area (Å²) in [6.45, 7) is 7.50. The molecule has 2 nitrogen and oxygen atoms in total. The zero-order valence-electron chi connectivity index (χ0n) is 24.0. The van der Waals surface area contributed by atoms with Gasteiger partial charge in [0, 0.05) is 6.42 Å². The first-order valence-electron chi connectivity index (χ1n) is 15.9. The average molecular weight is 481 g/mol. The molecule has 0 aromatic heterocycles. The second-order valence-corrected chi connectivity index (χ2v) is 10.9. The summed E-state index contributed by atoms with van der Waals surface area (Å²) in [4.78, 5) is 12.3. The fraction of sp³-hybridized carbons (Fsp3) is 0.969. The molecule has 0 aliphatic carbocycles. The Morgan fingerprint density at radius 1 is 0.471 bits per heavy atom. The molecule has 0 aromatic rings. The van der Waals surface area contributed by atoms with E-state index in [0.717, 1.165) is 6.42 Å². The van der Waals surface area contributed by atoms with Crippen LogP contribution in [0.15, 0.2) is 0 Å². The van der Waals surface area contributed by atoms with Gasteiger partial charge in [-0.2, -0.15) is 0 Å². The minimum Gasteiger partial charge on any atom is -0.465 e. The molecule has 0 bridgehead atoms. The van der Waals surface area contributed by atoms with Gasteiger partial charge in [-0.3, -0.25) is 4.79 Å². The summed E-state index contributed by atoms with van der Waals surface area (Å²) >= 11 is 0. The van der Waals surface area contributed by atoms with Crippen LogP contribution in [0.25, 0.3) is 0 Å². The van der Waals surface area contributed by atoms with Gasteiger partial charge in [-0.05, 0) is 25.2 Å². The number of esters is 1. The molecule has 0 amide bonds. The Kier molecular flexibility index (Phi) is 28.3. The molecule has 0 saturated heterocycles. The molecule has 1 unspecified atom stereocenters. The Hall–Kier alpha value is -0.530. The van der Waals surface area contributed by atoms with Crippen LogP contribution >= 0.6 is 0 Å². The predicted octanol–water partition coefficient (Wildman–Crippen LogP) is 11.3. The van der Waals surface area contributed by atoms with Gasteiger partial charge in [0.2, 0.25) is 0 Å². The Bertz CT molecular complexity index is 392. The summed E-state index contributed by atoms with van der Waals surface area (Å²) in [5.74, 6) is 0.630. The number of hydrogen-bond donors (Lipinski definition) is 0. The maximum atomic E-state index is 12.3. The molecule has 0 aliphatic heterocycles. The van der Waals surface area contributed by atoms with Crippen molar-refractivity contribution in [1.29, 1.82) is 0 Å². The SMILES string of the molecule is CCCCCCCCCCCC(=O)OCC(CCCCCCCC)CCCCCCCCCC. The van der Waals surface area contributed by atoms with Gasteiger partial charge in [0.15, 0.2) is 0 Å². The lowest BCUT2D eigenvalue weighted by atomic mass is 9.94. The zero-order chi connectivity index (χ0) is 25.0. The Morgan fingerprint density at radius 2 is 0.794 bits per heavy atom. The summed E-state index contributed by atoms with van der Waals surface area (Å²) in [5.41, 5.74) is 0. The normalized spacial score (nSPS) is 12.2. The Balaban J connectivity index is 3.94. The van der Waals surface area contributed by atoms with Gasteiger partial charge in [-0.15, -0.1) is 0 Å². The lowest BCUT2D eigenvalue weighted by Gasteiger charge is -2.17. The highest BCUT2D eigenvalue weighted by molar-refractivity contribution is 5.69. The molecule has 0 N–H and O–H groups in total. The zero-order valence-corrected chi connectivity index (χ0v) is 24.0. The monoisotopic (exact) mass is 480 g/mol. The van der Waals surface area contributed by atoms with Crippen LogP contribution in [0.4, 0.5) is 0 Å². The number of carbonyl (C=O) groups excluding carboxylic acids is 1. The molecule has 0 aromatic carbocycles. The third kappa shape index (κ3) is 26.1. The average Bonchev–Trinajstić information content (AvgIpc) is 2.84. The smallest absolute Gasteiger partial charge is 0.305 e. The van der Waals surface area contributed by atoms with Crippen molar-refractivity contribution in [2.45, 2.75) is 188 Å². The molecule has 0 heterocycles. The van der Waals surface area contributed by atoms with E-state index in [1.54, 1.807) is 0 Å². The van der Waals surface area contributed by atoms with Crippen molar-refractivity contribution in [3.63, 3.8) is 0 Å². The number of ether oxygens (including phenoxy) is 1. The van der Waals surface area contributed by atoms with Crippen LogP contribution in [0.3, 0.4) is 0 Å². The van der Waals surface area contributed by atoms with Gasteiger partial charge in [0.1, 0.15) is 0 Å². The quantitative estimate of drug-likeness (QED) is 0.0821. The van der Waals surface area contributed by atoms with E-state index in [4.69, 9.17) is 4.74 Å². The highest BCUT2D eigenvalue weighted by Gasteiger charge is 2.12. The summed E-state index contributed by atoms with van der Waals surface area (Å²) in [5, 5.41) is 0. The van der Waals surface area contributed by atoms with E-state index in [1.807, 2.05) is 0 Å². The molecule has 0 fully saturated rings. The molecule has 0 spiro atoms. The van der Waals surface area contributed by atoms with Crippen molar-refractivity contribution in [1.82, 2.24) is 0 Å². The fourth-order valence-corrected chi connectivity index (χ4v) is 4.95. The maximum Gasteiger partial charge on any atom is 0.305 e. The van der Waals surface area contributed by atoms with Crippen molar-refractivity contribution in [2.75, 3.05) is 6.61 Å². The van der Waals surface area contributed by atoms with E-state index in [-0.39, 0.29) is 5.97 Å². The summed E-state index contributed by atoms with van der Waals surface area (Å²) in [6.07, 6.45) is 33.8. The van der Waals surface area contributed by atoms with Crippen LogP contribution in [-0.2, 0) is 9.53 Å². The molecule has 0 radical (unpaired) electrons. The molecular weight excluding hydrogens is 416 g/mol. The largest absolute Gasteiger partial charge is 0.465 e. The minimum absolute atomic E-state index is 0.0480. The lowest BCUT2D eigenvalue weighted by molar-refractivity contribution is -0.145. The highest BCUT2D eigenvalue weighted by atomic mass is 16.5. The van der Waals surface area contributed by atoms with Gasteiger partial charge in [-0.1, -0.05) is 162 Å². The van der Waals surface area contributed by atoms with Crippen LogP contribution in [0.1, 0.15) is 188 Å². The molecular formula is C32H64O2. The first kappa shape index (κ1) is 33.5. The molecule has 0 rings (SSSR count). The third-order valence-electron chi connectivity index (χ3n) is 7.40. The van der Waals surface area contributed by atoms with E-state index in [9.17, 15) is 4.79 Å². The molecule has 0 saturated carbocycles. The first-order valence-corrected chi connectivity index (χ1v) is 15.9. The van der Waals surface area contributed by atoms with E-state index in [2.05, 4.69) is 20.8 Å². The second-order valence-electron chi connectivity index (χ2n) is 10.9. The molecule has 34 heavy (non-hydrogen) atoms. The summed E-state index contributed by atoms with van der Waals surface area (Å²) in [7, 11) is 0. The van der Waals surface area contributed by atoms with Gasteiger partial charge < -0.3 is 4.74 Å². The standard InChI is InChI=1S/C32H64O2/c1-4-7-10-13-16-18-20-23-26-29-32(33)34-30-31(27-24-21-15-12-9-6-3)28-25-22-19-17-14-11-8-5-2/h31H,4-30H2,1-3H3. The Labute approximate surface area is 215 Å². The Morgan fingerprint density at radius 3 is 1.18 bits per heavy atom. The fourth-order valence-electron chi connectivity index (χ4n) is 4.95. The number of carbonyl (C=O) groups is 1.